The molecule has 2 aliphatic rings. The summed E-state index contributed by atoms with van der Waals surface area (Å²) in [6.45, 7) is 7.40. The van der Waals surface area contributed by atoms with Crippen LogP contribution >= 0.6 is 11.3 Å². The molecule has 150 valence electrons. The van der Waals surface area contributed by atoms with Crippen LogP contribution in [0.2, 0.25) is 0 Å². The van der Waals surface area contributed by atoms with Gasteiger partial charge in [-0.3, -0.25) is 4.79 Å². The van der Waals surface area contributed by atoms with Gasteiger partial charge in [-0.1, -0.05) is 24.5 Å². The first-order valence-corrected chi connectivity index (χ1v) is 11.4. The highest BCUT2D eigenvalue weighted by molar-refractivity contribution is 7.08. The third kappa shape index (κ3) is 5.01. The molecule has 1 aliphatic carbocycles. The molecule has 0 radical (unpaired) electrons. The predicted octanol–water partition coefficient (Wildman–Crippen LogP) is 4.06. The van der Waals surface area contributed by atoms with Crippen molar-refractivity contribution in [1.29, 1.82) is 0 Å². The first-order valence-electron chi connectivity index (χ1n) is 10.4. The molecule has 5 heteroatoms. The van der Waals surface area contributed by atoms with Crippen LogP contribution in [0.25, 0.3) is 0 Å². The zero-order valence-electron chi connectivity index (χ0n) is 16.7. The van der Waals surface area contributed by atoms with Crippen molar-refractivity contribution in [3.05, 3.63) is 34.0 Å². The van der Waals surface area contributed by atoms with Crippen LogP contribution in [0.5, 0.6) is 0 Å². The average molecular weight is 391 g/mol. The monoisotopic (exact) mass is 390 g/mol. The van der Waals surface area contributed by atoms with Gasteiger partial charge >= 0.3 is 0 Å². The molecule has 1 saturated carbocycles. The zero-order chi connectivity index (χ0) is 19.3. The number of nitrogens with zero attached hydrogens (tertiary/aromatic N) is 1. The summed E-state index contributed by atoms with van der Waals surface area (Å²) >= 11 is 1.55. The standard InChI is InChI=1S/C22H34N2O2S/c1-17(2)6-5-12-24-13-9-20(10-14-24)23-21(25)22(26,18-7-3-4-8-18)19-11-15-27-16-19/h6,11,15-16,18,20,26H,3-5,7-10,12-14H2,1-2H3,(H,23,25). The lowest BCUT2D eigenvalue weighted by molar-refractivity contribution is -0.148. The highest BCUT2D eigenvalue weighted by Gasteiger charge is 2.47. The SMILES string of the molecule is CC(C)=CCCN1CCC(NC(=O)C(O)(c2ccsc2)C2CCCC2)CC1. The quantitative estimate of drug-likeness (QED) is 0.690. The maximum Gasteiger partial charge on any atom is 0.257 e. The number of aliphatic hydroxyl groups is 1. The van der Waals surface area contributed by atoms with Gasteiger partial charge in [0, 0.05) is 37.2 Å². The van der Waals surface area contributed by atoms with Crippen LogP contribution in [0.15, 0.2) is 28.5 Å². The van der Waals surface area contributed by atoms with Crippen molar-refractivity contribution < 1.29 is 9.90 Å². The summed E-state index contributed by atoms with van der Waals surface area (Å²) in [5.41, 5.74) is 0.782. The molecule has 0 aromatic carbocycles. The minimum absolute atomic E-state index is 0.0382. The van der Waals surface area contributed by atoms with Crippen LogP contribution in [0.4, 0.5) is 0 Å². The van der Waals surface area contributed by atoms with E-state index in [2.05, 4.69) is 30.1 Å². The van der Waals surface area contributed by atoms with Gasteiger partial charge in [-0.15, -0.1) is 0 Å². The second-order valence-electron chi connectivity index (χ2n) is 8.42. The number of nitrogens with one attached hydrogen (secondary N) is 1. The first kappa shape index (κ1) is 20.6. The molecule has 1 saturated heterocycles. The summed E-state index contributed by atoms with van der Waals surface area (Å²) < 4.78 is 0. The summed E-state index contributed by atoms with van der Waals surface area (Å²) in [5, 5.41) is 18.6. The summed E-state index contributed by atoms with van der Waals surface area (Å²) in [5.74, 6) is -0.146. The summed E-state index contributed by atoms with van der Waals surface area (Å²) in [4.78, 5) is 15.6. The van der Waals surface area contributed by atoms with E-state index < -0.39 is 5.60 Å². The molecule has 1 aromatic rings. The Labute approximate surface area is 167 Å². The van der Waals surface area contributed by atoms with Gasteiger partial charge in [0.1, 0.15) is 0 Å². The van der Waals surface area contributed by atoms with Gasteiger partial charge in [0.15, 0.2) is 5.60 Å². The molecule has 2 N–H and O–H groups in total. The van der Waals surface area contributed by atoms with Gasteiger partial charge in [0.2, 0.25) is 0 Å². The predicted molar refractivity (Wildman–Crippen MR) is 112 cm³/mol. The number of allylic oxidation sites excluding steroid dienone is 1. The van der Waals surface area contributed by atoms with E-state index >= 15 is 0 Å². The Morgan fingerprint density at radius 1 is 1.30 bits per heavy atom. The van der Waals surface area contributed by atoms with Gasteiger partial charge in [-0.25, -0.2) is 0 Å². The van der Waals surface area contributed by atoms with Crippen molar-refractivity contribution in [2.24, 2.45) is 5.92 Å². The van der Waals surface area contributed by atoms with Gasteiger partial charge in [0.25, 0.3) is 5.91 Å². The fraction of sp³-hybridized carbons (Fsp3) is 0.682. The van der Waals surface area contributed by atoms with E-state index in [1.54, 1.807) is 11.3 Å². The highest BCUT2D eigenvalue weighted by atomic mass is 32.1. The number of hydrogen-bond acceptors (Lipinski definition) is 4. The average Bonchev–Trinajstić information content (AvgIpc) is 3.36. The van der Waals surface area contributed by atoms with Gasteiger partial charge in [0.05, 0.1) is 0 Å². The molecule has 0 bridgehead atoms. The molecule has 1 amide bonds. The van der Waals surface area contributed by atoms with Crippen molar-refractivity contribution in [1.82, 2.24) is 10.2 Å². The summed E-state index contributed by atoms with van der Waals surface area (Å²) in [7, 11) is 0. The molecular formula is C22H34N2O2S. The lowest BCUT2D eigenvalue weighted by atomic mass is 9.80. The molecule has 0 spiro atoms. The number of thiophene rings is 1. The number of hydrogen-bond donors (Lipinski definition) is 2. The van der Waals surface area contributed by atoms with E-state index in [9.17, 15) is 9.90 Å². The van der Waals surface area contributed by atoms with Crippen LogP contribution in [0.1, 0.15) is 64.4 Å². The van der Waals surface area contributed by atoms with Gasteiger partial charge in [-0.2, -0.15) is 11.3 Å². The molecule has 27 heavy (non-hydrogen) atoms. The number of carbonyl (C=O) groups excluding carboxylic acids is 1. The molecule has 4 nitrogen and oxygen atoms in total. The van der Waals surface area contributed by atoms with Crippen molar-refractivity contribution in [3.63, 3.8) is 0 Å². The van der Waals surface area contributed by atoms with Crippen LogP contribution < -0.4 is 5.32 Å². The molecule has 2 heterocycles. The molecule has 1 aromatic heterocycles. The van der Waals surface area contributed by atoms with E-state index in [1.165, 1.54) is 5.57 Å². The van der Waals surface area contributed by atoms with Crippen molar-refractivity contribution in [2.45, 2.75) is 70.4 Å². The molecule has 2 fully saturated rings. The topological polar surface area (TPSA) is 52.6 Å². The smallest absolute Gasteiger partial charge is 0.257 e. The largest absolute Gasteiger partial charge is 0.375 e. The van der Waals surface area contributed by atoms with Crippen molar-refractivity contribution in [2.75, 3.05) is 19.6 Å². The second kappa shape index (κ2) is 9.35. The van der Waals surface area contributed by atoms with Crippen molar-refractivity contribution in [3.8, 4) is 0 Å². The van der Waals surface area contributed by atoms with Crippen LogP contribution in [-0.4, -0.2) is 41.6 Å². The number of carbonyl (C=O) groups is 1. The Morgan fingerprint density at radius 2 is 2.00 bits per heavy atom. The molecule has 1 atom stereocenters. The van der Waals surface area contributed by atoms with Crippen LogP contribution in [-0.2, 0) is 10.4 Å². The Bertz CT molecular complexity index is 625. The second-order valence-corrected chi connectivity index (χ2v) is 9.20. The maximum absolute atomic E-state index is 13.2. The van der Waals surface area contributed by atoms with E-state index in [0.29, 0.717) is 0 Å². The molecule has 3 rings (SSSR count). The Hall–Kier alpha value is -1.17. The highest BCUT2D eigenvalue weighted by Crippen LogP contribution is 2.41. The van der Waals surface area contributed by atoms with Crippen molar-refractivity contribution >= 4 is 17.2 Å². The van der Waals surface area contributed by atoms with E-state index in [4.69, 9.17) is 0 Å². The van der Waals surface area contributed by atoms with Gasteiger partial charge < -0.3 is 15.3 Å². The van der Waals surface area contributed by atoms with Gasteiger partial charge in [-0.05, 0) is 62.8 Å². The third-order valence-electron chi connectivity index (χ3n) is 6.17. The number of amides is 1. The van der Waals surface area contributed by atoms with Crippen LogP contribution in [0.3, 0.4) is 0 Å². The lowest BCUT2D eigenvalue weighted by Gasteiger charge is -2.37. The minimum Gasteiger partial charge on any atom is -0.375 e. The minimum atomic E-state index is -1.36. The third-order valence-corrected chi connectivity index (χ3v) is 6.86. The fourth-order valence-electron chi connectivity index (χ4n) is 4.51. The first-order chi connectivity index (χ1) is 13.0. The van der Waals surface area contributed by atoms with Crippen LogP contribution in [0, 0.1) is 5.92 Å². The number of piperidine rings is 1. The number of likely N-dealkylation sites (tertiary alicyclic amines) is 1. The summed E-state index contributed by atoms with van der Waals surface area (Å²) in [6, 6.07) is 2.08. The lowest BCUT2D eigenvalue weighted by Crippen LogP contribution is -2.54. The summed E-state index contributed by atoms with van der Waals surface area (Å²) in [6.07, 6.45) is 9.39. The van der Waals surface area contributed by atoms with E-state index in [0.717, 1.165) is 70.1 Å². The van der Waals surface area contributed by atoms with E-state index in [-0.39, 0.29) is 17.9 Å². The number of rotatable bonds is 7. The Kier molecular flexibility index (Phi) is 7.12. The fourth-order valence-corrected chi connectivity index (χ4v) is 5.22. The maximum atomic E-state index is 13.2. The molecular weight excluding hydrogens is 356 g/mol. The Balaban J connectivity index is 1.56. The molecule has 1 unspecified atom stereocenters. The van der Waals surface area contributed by atoms with E-state index in [1.807, 2.05) is 16.8 Å². The zero-order valence-corrected chi connectivity index (χ0v) is 17.6. The molecule has 1 aliphatic heterocycles. The Morgan fingerprint density at radius 3 is 2.59 bits per heavy atom. The normalized spacial score (nSPS) is 21.7.